The molecular formula is C14H8Br2O2. The van der Waals surface area contributed by atoms with Gasteiger partial charge in [-0.25, -0.2) is 4.79 Å². The molecule has 90 valence electrons. The maximum absolute atomic E-state index is 12.0. The fourth-order valence-corrected chi connectivity index (χ4v) is 3.11. The topological polar surface area (TPSA) is 30.2 Å². The van der Waals surface area contributed by atoms with Gasteiger partial charge in [-0.15, -0.1) is 0 Å². The van der Waals surface area contributed by atoms with Crippen LogP contribution in [0.1, 0.15) is 5.56 Å². The maximum Gasteiger partial charge on any atom is 0.344 e. The molecule has 0 aliphatic rings. The summed E-state index contributed by atoms with van der Waals surface area (Å²) in [4.78, 5) is 12.0. The lowest BCUT2D eigenvalue weighted by molar-refractivity contribution is 0.569. The first-order valence-corrected chi connectivity index (χ1v) is 6.97. The summed E-state index contributed by atoms with van der Waals surface area (Å²) in [5.74, 6) is 0. The largest absolute Gasteiger partial charge is 0.422 e. The molecule has 3 aromatic rings. The van der Waals surface area contributed by atoms with Gasteiger partial charge in [0.25, 0.3) is 0 Å². The first kappa shape index (κ1) is 11.9. The Morgan fingerprint density at radius 3 is 2.56 bits per heavy atom. The van der Waals surface area contributed by atoms with Crippen molar-refractivity contribution >= 4 is 53.6 Å². The van der Waals surface area contributed by atoms with Crippen LogP contribution in [-0.2, 0) is 0 Å². The van der Waals surface area contributed by atoms with Crippen LogP contribution in [-0.4, -0.2) is 0 Å². The molecule has 0 aliphatic heterocycles. The molecule has 2 aromatic carbocycles. The van der Waals surface area contributed by atoms with E-state index in [1.807, 2.05) is 31.2 Å². The number of rotatable bonds is 0. The molecule has 0 fully saturated rings. The van der Waals surface area contributed by atoms with Gasteiger partial charge in [0, 0.05) is 19.7 Å². The van der Waals surface area contributed by atoms with E-state index in [1.54, 1.807) is 6.07 Å². The van der Waals surface area contributed by atoms with Gasteiger partial charge in [0.15, 0.2) is 0 Å². The zero-order chi connectivity index (χ0) is 12.9. The Morgan fingerprint density at radius 1 is 1.00 bits per heavy atom. The molecule has 1 heterocycles. The van der Waals surface area contributed by atoms with Crippen LogP contribution in [0.15, 0.2) is 48.5 Å². The lowest BCUT2D eigenvalue weighted by Crippen LogP contribution is -2.00. The molecule has 0 aliphatic carbocycles. The van der Waals surface area contributed by atoms with Crippen LogP contribution >= 0.6 is 31.9 Å². The quantitative estimate of drug-likeness (QED) is 0.422. The minimum absolute atomic E-state index is 0.309. The van der Waals surface area contributed by atoms with Crippen LogP contribution < -0.4 is 5.63 Å². The van der Waals surface area contributed by atoms with Gasteiger partial charge in [0.2, 0.25) is 0 Å². The Balaban J connectivity index is 2.65. The van der Waals surface area contributed by atoms with Gasteiger partial charge in [0.05, 0.1) is 5.39 Å². The van der Waals surface area contributed by atoms with E-state index >= 15 is 0 Å². The van der Waals surface area contributed by atoms with Crippen LogP contribution in [0.25, 0.3) is 21.7 Å². The van der Waals surface area contributed by atoms with Crippen molar-refractivity contribution in [2.75, 3.05) is 0 Å². The monoisotopic (exact) mass is 366 g/mol. The summed E-state index contributed by atoms with van der Waals surface area (Å²) in [6.07, 6.45) is 0. The molecule has 2 nitrogen and oxygen atoms in total. The Kier molecular flexibility index (Phi) is 2.79. The predicted octanol–water partition coefficient (Wildman–Crippen LogP) is 4.78. The van der Waals surface area contributed by atoms with Crippen molar-refractivity contribution in [1.82, 2.24) is 0 Å². The molecule has 0 amide bonds. The molecule has 18 heavy (non-hydrogen) atoms. The van der Waals surface area contributed by atoms with E-state index in [-0.39, 0.29) is 5.63 Å². The Bertz CT molecular complexity index is 834. The van der Waals surface area contributed by atoms with Crippen molar-refractivity contribution in [2.45, 2.75) is 6.92 Å². The Hall–Kier alpha value is -1.13. The molecule has 0 radical (unpaired) electrons. The number of benzene rings is 2. The fraction of sp³-hybridized carbons (Fsp3) is 0.0714. The van der Waals surface area contributed by atoms with Gasteiger partial charge in [0.1, 0.15) is 5.58 Å². The van der Waals surface area contributed by atoms with Crippen molar-refractivity contribution in [3.05, 3.63) is 55.3 Å². The lowest BCUT2D eigenvalue weighted by atomic mass is 10.0. The third-order valence-corrected chi connectivity index (χ3v) is 3.89. The van der Waals surface area contributed by atoms with Gasteiger partial charge in [-0.1, -0.05) is 37.9 Å². The molecule has 0 bridgehead atoms. The standard InChI is InChI=1S/C14H8Br2O2/c1-7-4-9(16)6-12-13(7)10-3-2-8(15)5-11(10)14(17)18-12/h2-6H,1H3. The second-order valence-corrected chi connectivity index (χ2v) is 6.01. The third-order valence-electron chi connectivity index (χ3n) is 2.94. The zero-order valence-corrected chi connectivity index (χ0v) is 12.6. The number of fused-ring (bicyclic) bond motifs is 3. The second kappa shape index (κ2) is 4.21. The summed E-state index contributed by atoms with van der Waals surface area (Å²) >= 11 is 6.79. The van der Waals surface area contributed by atoms with Crippen molar-refractivity contribution < 1.29 is 4.42 Å². The average Bonchev–Trinajstić information content (AvgIpc) is 2.29. The van der Waals surface area contributed by atoms with Crippen molar-refractivity contribution in [3.8, 4) is 0 Å². The molecule has 1 aromatic heterocycles. The first-order chi connectivity index (χ1) is 8.56. The number of hydrogen-bond donors (Lipinski definition) is 0. The highest BCUT2D eigenvalue weighted by Crippen LogP contribution is 2.30. The van der Waals surface area contributed by atoms with E-state index in [0.29, 0.717) is 11.0 Å². The number of hydrogen-bond acceptors (Lipinski definition) is 2. The van der Waals surface area contributed by atoms with Gasteiger partial charge in [-0.2, -0.15) is 0 Å². The highest BCUT2D eigenvalue weighted by atomic mass is 79.9. The fourth-order valence-electron chi connectivity index (χ4n) is 2.20. The zero-order valence-electron chi connectivity index (χ0n) is 9.46. The highest BCUT2D eigenvalue weighted by molar-refractivity contribution is 9.10. The maximum atomic E-state index is 12.0. The van der Waals surface area contributed by atoms with Crippen molar-refractivity contribution in [2.24, 2.45) is 0 Å². The van der Waals surface area contributed by atoms with Gasteiger partial charge in [-0.05, 0) is 36.8 Å². The highest BCUT2D eigenvalue weighted by Gasteiger charge is 2.10. The SMILES string of the molecule is Cc1cc(Br)cc2oc(=O)c3cc(Br)ccc3c12. The molecule has 0 saturated carbocycles. The Morgan fingerprint density at radius 2 is 1.78 bits per heavy atom. The molecule has 4 heteroatoms. The predicted molar refractivity (Wildman–Crippen MR) is 80.1 cm³/mol. The van der Waals surface area contributed by atoms with E-state index in [4.69, 9.17) is 4.42 Å². The second-order valence-electron chi connectivity index (χ2n) is 4.18. The molecular weight excluding hydrogens is 360 g/mol. The number of halogens is 2. The van der Waals surface area contributed by atoms with E-state index in [9.17, 15) is 4.79 Å². The van der Waals surface area contributed by atoms with Crippen LogP contribution in [0, 0.1) is 6.92 Å². The van der Waals surface area contributed by atoms with Crippen molar-refractivity contribution in [1.29, 1.82) is 0 Å². The smallest absolute Gasteiger partial charge is 0.344 e. The van der Waals surface area contributed by atoms with E-state index in [0.717, 1.165) is 25.3 Å². The summed E-state index contributed by atoms with van der Waals surface area (Å²) in [7, 11) is 0. The lowest BCUT2D eigenvalue weighted by Gasteiger charge is -2.06. The molecule has 0 saturated heterocycles. The van der Waals surface area contributed by atoms with Gasteiger partial charge < -0.3 is 4.42 Å². The van der Waals surface area contributed by atoms with Crippen LogP contribution in [0.5, 0.6) is 0 Å². The minimum atomic E-state index is -0.309. The van der Waals surface area contributed by atoms with E-state index in [1.165, 1.54) is 0 Å². The van der Waals surface area contributed by atoms with Gasteiger partial charge >= 0.3 is 5.63 Å². The number of aryl methyl sites for hydroxylation is 1. The van der Waals surface area contributed by atoms with Crippen LogP contribution in [0.2, 0.25) is 0 Å². The molecule has 0 spiro atoms. The summed E-state index contributed by atoms with van der Waals surface area (Å²) in [6, 6.07) is 9.51. The van der Waals surface area contributed by atoms with Crippen LogP contribution in [0.4, 0.5) is 0 Å². The Labute approximate surface area is 120 Å². The summed E-state index contributed by atoms with van der Waals surface area (Å²) < 4.78 is 7.17. The molecule has 0 unspecified atom stereocenters. The third kappa shape index (κ3) is 1.80. The van der Waals surface area contributed by atoms with E-state index in [2.05, 4.69) is 31.9 Å². The molecule has 0 N–H and O–H groups in total. The van der Waals surface area contributed by atoms with E-state index < -0.39 is 0 Å². The summed E-state index contributed by atoms with van der Waals surface area (Å²) in [5, 5.41) is 2.51. The summed E-state index contributed by atoms with van der Waals surface area (Å²) in [5.41, 5.74) is 1.38. The van der Waals surface area contributed by atoms with Crippen molar-refractivity contribution in [3.63, 3.8) is 0 Å². The van der Waals surface area contributed by atoms with Crippen LogP contribution in [0.3, 0.4) is 0 Å². The molecule has 3 rings (SSSR count). The molecule has 0 atom stereocenters. The van der Waals surface area contributed by atoms with Gasteiger partial charge in [-0.3, -0.25) is 0 Å². The summed E-state index contributed by atoms with van der Waals surface area (Å²) in [6.45, 7) is 2.01. The average molecular weight is 368 g/mol. The minimum Gasteiger partial charge on any atom is -0.422 e. The first-order valence-electron chi connectivity index (χ1n) is 5.38. The normalized spacial score (nSPS) is 11.3.